The first-order valence-electron chi connectivity index (χ1n) is 7.99. The third-order valence-corrected chi connectivity index (χ3v) is 5.41. The topological polar surface area (TPSA) is 98.7 Å². The van der Waals surface area contributed by atoms with E-state index < -0.39 is 46.3 Å². The van der Waals surface area contributed by atoms with E-state index in [4.69, 9.17) is 0 Å². The second-order valence-corrected chi connectivity index (χ2v) is 7.59. The monoisotopic (exact) mass is 403 g/mol. The van der Waals surface area contributed by atoms with Gasteiger partial charge in [-0.15, -0.1) is 0 Å². The molecule has 0 bridgehead atoms. The van der Waals surface area contributed by atoms with Crippen molar-refractivity contribution < 1.29 is 31.5 Å². The Hall–Kier alpha value is -2.69. The summed E-state index contributed by atoms with van der Waals surface area (Å²) in [4.78, 5) is 11.4. The molecule has 11 heteroatoms. The van der Waals surface area contributed by atoms with Crippen molar-refractivity contribution in [2.24, 2.45) is 0 Å². The maximum atomic E-state index is 15.0. The van der Waals surface area contributed by atoms with E-state index in [1.165, 1.54) is 18.2 Å². The number of nitrogens with zero attached hydrogens (tertiary/aromatic N) is 1. The van der Waals surface area contributed by atoms with E-state index in [9.17, 15) is 31.5 Å². The molecule has 1 aliphatic heterocycles. The van der Waals surface area contributed by atoms with E-state index in [1.54, 1.807) is 10.8 Å². The summed E-state index contributed by atoms with van der Waals surface area (Å²) in [6, 6.07) is 5.65. The van der Waals surface area contributed by atoms with Crippen LogP contribution in [-0.4, -0.2) is 38.9 Å². The minimum Gasteiger partial charge on any atom is -0.506 e. The van der Waals surface area contributed by atoms with Crippen LogP contribution in [0.1, 0.15) is 12.8 Å². The second kappa shape index (κ2) is 7.14. The summed E-state index contributed by atoms with van der Waals surface area (Å²) in [6.07, 6.45) is -2.44. The van der Waals surface area contributed by atoms with Crippen LogP contribution in [0.5, 0.6) is 5.75 Å². The van der Waals surface area contributed by atoms with Crippen molar-refractivity contribution in [2.75, 3.05) is 22.7 Å². The number of alkyl halides is 2. The summed E-state index contributed by atoms with van der Waals surface area (Å²) >= 11 is 0. The van der Waals surface area contributed by atoms with Crippen molar-refractivity contribution in [2.45, 2.75) is 19.3 Å². The average molecular weight is 403 g/mol. The lowest BCUT2D eigenvalue weighted by atomic mass is 10.1. The molecular weight excluding hydrogens is 387 g/mol. The highest BCUT2D eigenvalue weighted by atomic mass is 32.2. The fourth-order valence-corrected chi connectivity index (χ4v) is 3.97. The van der Waals surface area contributed by atoms with Gasteiger partial charge in [0.2, 0.25) is 6.43 Å². The van der Waals surface area contributed by atoms with Gasteiger partial charge in [0, 0.05) is 24.0 Å². The zero-order valence-electron chi connectivity index (χ0n) is 13.9. The molecular formula is C16H16F3N3O4S. The Balaban J connectivity index is 1.95. The van der Waals surface area contributed by atoms with Crippen LogP contribution >= 0.6 is 0 Å². The van der Waals surface area contributed by atoms with Gasteiger partial charge in [-0.05, 0) is 30.0 Å². The van der Waals surface area contributed by atoms with Crippen LogP contribution in [0.3, 0.4) is 0 Å². The molecule has 3 N–H and O–H groups in total. The van der Waals surface area contributed by atoms with Gasteiger partial charge in [-0.1, -0.05) is 6.07 Å². The summed E-state index contributed by atoms with van der Waals surface area (Å²) in [7, 11) is -4.29. The minimum atomic E-state index is -4.29. The molecule has 1 amide bonds. The molecule has 0 unspecified atom stereocenters. The van der Waals surface area contributed by atoms with E-state index in [2.05, 4.69) is 5.32 Å². The molecule has 2 aromatic carbocycles. The van der Waals surface area contributed by atoms with Crippen LogP contribution in [0.2, 0.25) is 0 Å². The number of phenols is 1. The molecule has 1 saturated heterocycles. The van der Waals surface area contributed by atoms with Crippen molar-refractivity contribution in [3.05, 3.63) is 30.1 Å². The number of nitrogens with one attached hydrogen (secondary N) is 2. The summed E-state index contributed by atoms with van der Waals surface area (Å²) in [5.74, 6) is -2.48. The third-order valence-electron chi connectivity index (χ3n) is 4.03. The fraction of sp³-hybridized carbons (Fsp3) is 0.312. The molecule has 0 spiro atoms. The molecule has 1 heterocycles. The Morgan fingerprint density at radius 2 is 2.04 bits per heavy atom. The summed E-state index contributed by atoms with van der Waals surface area (Å²) in [5, 5.41) is 13.3. The molecule has 7 nitrogen and oxygen atoms in total. The van der Waals surface area contributed by atoms with Gasteiger partial charge in [-0.3, -0.25) is 4.79 Å². The molecule has 3 rings (SSSR count). The lowest BCUT2D eigenvalue weighted by Crippen LogP contribution is -2.30. The van der Waals surface area contributed by atoms with Gasteiger partial charge in [0.25, 0.3) is 5.91 Å². The summed E-state index contributed by atoms with van der Waals surface area (Å²) in [5.41, 5.74) is -0.179. The standard InChI is InChI=1S/C16H16F3N3O4S/c17-13(18)2-1-5-20-10-4-3-9-6-12(23)16(15(19)11(9)7-10)22-8-14(24)21-27(22,25)26/h3-4,6-7,13,20,23H,1-2,5,8H2,(H,21,24). The van der Waals surface area contributed by atoms with Gasteiger partial charge in [-0.25, -0.2) is 22.2 Å². The van der Waals surface area contributed by atoms with Crippen LogP contribution in [0.4, 0.5) is 24.5 Å². The SMILES string of the molecule is O=C1CN(c2c(O)cc3ccc(NCCCC(F)F)cc3c2F)S(=O)(=O)N1. The van der Waals surface area contributed by atoms with Crippen molar-refractivity contribution in [3.63, 3.8) is 0 Å². The minimum absolute atomic E-state index is 0.0104. The van der Waals surface area contributed by atoms with Crippen molar-refractivity contribution in [3.8, 4) is 5.75 Å². The lowest BCUT2D eigenvalue weighted by molar-refractivity contribution is -0.117. The van der Waals surface area contributed by atoms with Gasteiger partial charge in [0.1, 0.15) is 18.0 Å². The Labute approximate surface area is 153 Å². The largest absolute Gasteiger partial charge is 0.506 e. The molecule has 0 radical (unpaired) electrons. The first-order chi connectivity index (χ1) is 12.7. The Kier molecular flexibility index (Phi) is 5.05. The van der Waals surface area contributed by atoms with Crippen LogP contribution < -0.4 is 14.3 Å². The number of aromatic hydroxyl groups is 1. The van der Waals surface area contributed by atoms with E-state index in [0.717, 1.165) is 0 Å². The van der Waals surface area contributed by atoms with Crippen molar-refractivity contribution >= 4 is 38.3 Å². The van der Waals surface area contributed by atoms with Gasteiger partial charge >= 0.3 is 10.2 Å². The lowest BCUT2D eigenvalue weighted by Gasteiger charge is -2.18. The van der Waals surface area contributed by atoms with Crippen molar-refractivity contribution in [1.82, 2.24) is 4.72 Å². The zero-order valence-corrected chi connectivity index (χ0v) is 14.7. The third kappa shape index (κ3) is 3.87. The van der Waals surface area contributed by atoms with Gasteiger partial charge in [0.15, 0.2) is 5.82 Å². The first-order valence-corrected chi connectivity index (χ1v) is 9.43. The van der Waals surface area contributed by atoms with Gasteiger partial charge in [0.05, 0.1) is 0 Å². The zero-order chi connectivity index (χ0) is 19.8. The van der Waals surface area contributed by atoms with Gasteiger partial charge < -0.3 is 10.4 Å². The van der Waals surface area contributed by atoms with Crippen molar-refractivity contribution in [1.29, 1.82) is 0 Å². The smallest absolute Gasteiger partial charge is 0.326 e. The van der Waals surface area contributed by atoms with Gasteiger partial charge in [-0.2, -0.15) is 8.42 Å². The first kappa shape index (κ1) is 19.1. The highest BCUT2D eigenvalue weighted by Gasteiger charge is 2.37. The Morgan fingerprint density at radius 1 is 1.30 bits per heavy atom. The number of phenolic OH excluding ortho intramolecular Hbond substituents is 1. The summed E-state index contributed by atoms with van der Waals surface area (Å²) < 4.78 is 65.4. The van der Waals surface area contributed by atoms with Crippen LogP contribution in [-0.2, 0) is 15.0 Å². The van der Waals surface area contributed by atoms with E-state index >= 15 is 0 Å². The van der Waals surface area contributed by atoms with E-state index in [-0.39, 0.29) is 24.8 Å². The predicted molar refractivity (Wildman–Crippen MR) is 93.7 cm³/mol. The number of anilines is 2. The predicted octanol–water partition coefficient (Wildman–Crippen LogP) is 2.32. The number of carbonyl (C=O) groups is 1. The molecule has 0 atom stereocenters. The highest BCUT2D eigenvalue weighted by molar-refractivity contribution is 7.92. The summed E-state index contributed by atoms with van der Waals surface area (Å²) in [6.45, 7) is -0.398. The number of carbonyl (C=O) groups excluding carboxylic acids is 1. The average Bonchev–Trinajstić information content (AvgIpc) is 2.84. The Morgan fingerprint density at radius 3 is 2.67 bits per heavy atom. The molecule has 1 fully saturated rings. The molecule has 146 valence electrons. The molecule has 27 heavy (non-hydrogen) atoms. The molecule has 1 aliphatic rings. The van der Waals surface area contributed by atoms with Crippen LogP contribution in [0, 0.1) is 5.82 Å². The normalized spacial score (nSPS) is 16.1. The van der Waals surface area contributed by atoms with Crippen LogP contribution in [0.25, 0.3) is 10.8 Å². The molecule has 0 saturated carbocycles. The fourth-order valence-electron chi connectivity index (χ4n) is 2.81. The number of hydrogen-bond acceptors (Lipinski definition) is 5. The van der Waals surface area contributed by atoms with E-state index in [0.29, 0.717) is 15.4 Å². The number of benzene rings is 2. The Bertz CT molecular complexity index is 998. The molecule has 2 aromatic rings. The second-order valence-electron chi connectivity index (χ2n) is 5.99. The molecule has 0 aliphatic carbocycles. The number of fused-ring (bicyclic) bond motifs is 1. The van der Waals surface area contributed by atoms with E-state index in [1.807, 2.05) is 0 Å². The number of halogens is 3. The van der Waals surface area contributed by atoms with Crippen LogP contribution in [0.15, 0.2) is 24.3 Å². The number of amides is 1. The maximum Gasteiger partial charge on any atom is 0.326 e. The maximum absolute atomic E-state index is 15.0. The quantitative estimate of drug-likeness (QED) is 0.643. The molecule has 0 aromatic heterocycles. The highest BCUT2D eigenvalue weighted by Crippen LogP contribution is 2.39. The number of rotatable bonds is 6. The number of hydrogen-bond donors (Lipinski definition) is 3.